The predicted molar refractivity (Wildman–Crippen MR) is 54.9 cm³/mol. The number of aliphatic hydroxyl groups excluding tert-OH is 2. The third-order valence-corrected chi connectivity index (χ3v) is 2.66. The second kappa shape index (κ2) is 4.26. The molecule has 2 unspecified atom stereocenters. The van der Waals surface area contributed by atoms with Crippen molar-refractivity contribution in [3.05, 3.63) is 22.7 Å². The van der Waals surface area contributed by atoms with Gasteiger partial charge in [0.25, 0.3) is 0 Å². The molecule has 0 bridgehead atoms. The number of halogens is 2. The number of aliphatic hydroxyl groups is 2. The normalized spacial score (nSPS) is 30.6. The second-order valence-electron chi connectivity index (χ2n) is 3.87. The minimum absolute atomic E-state index is 0.114. The first-order valence-electron chi connectivity index (χ1n) is 5.04. The molecule has 1 fully saturated rings. The van der Waals surface area contributed by atoms with Gasteiger partial charge in [0.2, 0.25) is 6.23 Å². The lowest BCUT2D eigenvalue weighted by molar-refractivity contribution is -0.140. The van der Waals surface area contributed by atoms with Gasteiger partial charge < -0.3 is 20.7 Å². The van der Waals surface area contributed by atoms with E-state index in [2.05, 4.69) is 4.98 Å². The van der Waals surface area contributed by atoms with Crippen LogP contribution in [0, 0.1) is 0 Å². The Hall–Kier alpha value is -1.58. The first-order valence-corrected chi connectivity index (χ1v) is 5.04. The SMILES string of the molecule is Nc1ccn([C@@H]2OC(CO)C(O)C2(F)F)c(=O)n1. The summed E-state index contributed by atoms with van der Waals surface area (Å²) in [7, 11) is 0. The Morgan fingerprint density at radius 3 is 2.78 bits per heavy atom. The highest BCUT2D eigenvalue weighted by Crippen LogP contribution is 2.41. The maximum atomic E-state index is 13.7. The Balaban J connectivity index is 2.42. The largest absolute Gasteiger partial charge is 0.394 e. The molecular formula is C9H11F2N3O4. The number of ether oxygens (including phenoxy) is 1. The van der Waals surface area contributed by atoms with Crippen molar-refractivity contribution in [3.8, 4) is 0 Å². The quantitative estimate of drug-likeness (QED) is 0.612. The van der Waals surface area contributed by atoms with Gasteiger partial charge in [-0.3, -0.25) is 4.57 Å². The molecule has 0 aliphatic carbocycles. The Labute approximate surface area is 99.4 Å². The monoisotopic (exact) mass is 263 g/mol. The first-order chi connectivity index (χ1) is 8.37. The van der Waals surface area contributed by atoms with Crippen LogP contribution < -0.4 is 11.4 Å². The Morgan fingerprint density at radius 1 is 1.61 bits per heavy atom. The number of anilines is 1. The molecular weight excluding hydrogens is 252 g/mol. The van der Waals surface area contributed by atoms with E-state index < -0.39 is 36.7 Å². The minimum Gasteiger partial charge on any atom is -0.394 e. The zero-order valence-electron chi connectivity index (χ0n) is 9.03. The number of hydrogen-bond acceptors (Lipinski definition) is 6. The molecule has 1 aromatic rings. The van der Waals surface area contributed by atoms with Crippen molar-refractivity contribution in [2.75, 3.05) is 12.3 Å². The average Bonchev–Trinajstić information content (AvgIpc) is 2.52. The van der Waals surface area contributed by atoms with Gasteiger partial charge in [0.05, 0.1) is 6.61 Å². The van der Waals surface area contributed by atoms with Crippen LogP contribution >= 0.6 is 0 Å². The van der Waals surface area contributed by atoms with Crippen molar-refractivity contribution >= 4 is 5.82 Å². The number of aromatic nitrogens is 2. The molecule has 1 aliphatic rings. The van der Waals surface area contributed by atoms with Crippen molar-refractivity contribution in [3.63, 3.8) is 0 Å². The molecule has 100 valence electrons. The molecule has 0 saturated carbocycles. The van der Waals surface area contributed by atoms with Gasteiger partial charge in [-0.1, -0.05) is 0 Å². The lowest BCUT2D eigenvalue weighted by Gasteiger charge is -2.20. The molecule has 7 nitrogen and oxygen atoms in total. The molecule has 9 heteroatoms. The van der Waals surface area contributed by atoms with Crippen molar-refractivity contribution in [2.45, 2.75) is 24.4 Å². The van der Waals surface area contributed by atoms with Crippen molar-refractivity contribution in [2.24, 2.45) is 0 Å². The molecule has 18 heavy (non-hydrogen) atoms. The van der Waals surface area contributed by atoms with Crippen LogP contribution in [0.5, 0.6) is 0 Å². The van der Waals surface area contributed by atoms with Crippen LogP contribution in [-0.4, -0.2) is 44.5 Å². The van der Waals surface area contributed by atoms with Gasteiger partial charge in [-0.25, -0.2) is 4.79 Å². The van der Waals surface area contributed by atoms with Crippen LogP contribution in [0.4, 0.5) is 14.6 Å². The fraction of sp³-hybridized carbons (Fsp3) is 0.556. The fourth-order valence-corrected chi connectivity index (χ4v) is 1.72. The number of nitrogen functional groups attached to an aromatic ring is 1. The predicted octanol–water partition coefficient (Wildman–Crippen LogP) is -1.29. The summed E-state index contributed by atoms with van der Waals surface area (Å²) in [5, 5.41) is 18.1. The van der Waals surface area contributed by atoms with E-state index in [0.29, 0.717) is 4.57 Å². The summed E-state index contributed by atoms with van der Waals surface area (Å²) in [5.74, 6) is -3.83. The molecule has 1 aromatic heterocycles. The van der Waals surface area contributed by atoms with E-state index >= 15 is 0 Å². The molecule has 0 spiro atoms. The van der Waals surface area contributed by atoms with E-state index in [1.54, 1.807) is 0 Å². The Morgan fingerprint density at radius 2 is 2.28 bits per heavy atom. The Bertz CT molecular complexity index is 507. The third kappa shape index (κ3) is 1.85. The molecule has 3 atom stereocenters. The number of nitrogens with two attached hydrogens (primary N) is 1. The van der Waals surface area contributed by atoms with Crippen molar-refractivity contribution in [1.29, 1.82) is 0 Å². The molecule has 4 N–H and O–H groups in total. The number of rotatable bonds is 2. The molecule has 0 amide bonds. The smallest absolute Gasteiger partial charge is 0.351 e. The van der Waals surface area contributed by atoms with Crippen LogP contribution in [0.3, 0.4) is 0 Å². The maximum Gasteiger partial charge on any atom is 0.351 e. The molecule has 2 rings (SSSR count). The lowest BCUT2D eigenvalue weighted by Crippen LogP contribution is -2.41. The average molecular weight is 263 g/mol. The summed E-state index contributed by atoms with van der Waals surface area (Å²) in [6.45, 7) is -0.787. The van der Waals surface area contributed by atoms with Gasteiger partial charge in [-0.05, 0) is 6.07 Å². The summed E-state index contributed by atoms with van der Waals surface area (Å²) >= 11 is 0. The van der Waals surface area contributed by atoms with E-state index in [4.69, 9.17) is 15.6 Å². The van der Waals surface area contributed by atoms with E-state index in [0.717, 1.165) is 12.3 Å². The van der Waals surface area contributed by atoms with Crippen LogP contribution in [0.2, 0.25) is 0 Å². The maximum absolute atomic E-state index is 13.7. The molecule has 1 saturated heterocycles. The highest BCUT2D eigenvalue weighted by molar-refractivity contribution is 5.23. The number of hydrogen-bond donors (Lipinski definition) is 3. The zero-order chi connectivity index (χ0) is 13.5. The summed E-state index contributed by atoms with van der Waals surface area (Å²) in [6, 6.07) is 1.15. The van der Waals surface area contributed by atoms with Gasteiger partial charge in [-0.2, -0.15) is 13.8 Å². The fourth-order valence-electron chi connectivity index (χ4n) is 1.72. The van der Waals surface area contributed by atoms with Gasteiger partial charge in [-0.15, -0.1) is 0 Å². The molecule has 0 radical (unpaired) electrons. The summed E-state index contributed by atoms with van der Waals surface area (Å²) in [4.78, 5) is 14.7. The molecule has 1 aliphatic heterocycles. The lowest BCUT2D eigenvalue weighted by atomic mass is 10.1. The van der Waals surface area contributed by atoms with E-state index in [9.17, 15) is 18.7 Å². The van der Waals surface area contributed by atoms with Gasteiger partial charge in [0.1, 0.15) is 11.9 Å². The highest BCUT2D eigenvalue weighted by atomic mass is 19.3. The van der Waals surface area contributed by atoms with Gasteiger partial charge >= 0.3 is 11.6 Å². The standard InChI is InChI=1S/C9H11F2N3O4/c10-9(11)6(16)4(3-15)18-7(9)14-2-1-5(12)13-8(14)17/h1-2,4,6-7,15-16H,3H2,(H2,12,13,17)/t4?,6?,7-/m1/s1. The summed E-state index contributed by atoms with van der Waals surface area (Å²) < 4.78 is 32.7. The topological polar surface area (TPSA) is 111 Å². The van der Waals surface area contributed by atoms with Crippen molar-refractivity contribution in [1.82, 2.24) is 9.55 Å². The van der Waals surface area contributed by atoms with E-state index in [1.807, 2.05) is 0 Å². The highest BCUT2D eigenvalue weighted by Gasteiger charge is 2.59. The van der Waals surface area contributed by atoms with Gasteiger partial charge in [0, 0.05) is 6.20 Å². The second-order valence-corrected chi connectivity index (χ2v) is 3.87. The van der Waals surface area contributed by atoms with Crippen LogP contribution in [0.1, 0.15) is 6.23 Å². The van der Waals surface area contributed by atoms with Crippen LogP contribution in [0.25, 0.3) is 0 Å². The molecule has 2 heterocycles. The minimum atomic E-state index is -3.71. The van der Waals surface area contributed by atoms with E-state index in [1.165, 1.54) is 0 Å². The Kier molecular flexibility index (Phi) is 3.05. The molecule has 0 aromatic carbocycles. The summed E-state index contributed by atoms with van der Waals surface area (Å²) in [6.07, 6.45) is -4.69. The first kappa shape index (κ1) is 12.9. The van der Waals surface area contributed by atoms with Crippen LogP contribution in [-0.2, 0) is 4.74 Å². The van der Waals surface area contributed by atoms with Crippen molar-refractivity contribution < 1.29 is 23.7 Å². The van der Waals surface area contributed by atoms with E-state index in [-0.39, 0.29) is 5.82 Å². The van der Waals surface area contributed by atoms with Gasteiger partial charge in [0.15, 0.2) is 6.10 Å². The summed E-state index contributed by atoms with van der Waals surface area (Å²) in [5.41, 5.74) is 4.21. The zero-order valence-corrected chi connectivity index (χ0v) is 9.03. The van der Waals surface area contributed by atoms with Crippen LogP contribution in [0.15, 0.2) is 17.1 Å². The number of alkyl halides is 2. The number of nitrogens with zero attached hydrogens (tertiary/aromatic N) is 2. The third-order valence-electron chi connectivity index (χ3n) is 2.66.